The molecule has 3 rings (SSSR count). The highest BCUT2D eigenvalue weighted by Gasteiger charge is 2.29. The fourth-order valence-corrected chi connectivity index (χ4v) is 3.54. The average Bonchev–Trinajstić information content (AvgIpc) is 2.35. The first-order valence-electron chi connectivity index (χ1n) is 6.83. The molecule has 2 fully saturated rings. The fraction of sp³-hybridized carbons (Fsp3) is 0.500. The molecule has 1 amide bonds. The molecule has 2 aliphatic heterocycles. The Morgan fingerprint density at radius 2 is 1.90 bits per heavy atom. The van der Waals surface area contributed by atoms with Gasteiger partial charge in [0.2, 0.25) is 0 Å². The number of nitrogens with one attached hydrogen (secondary N) is 1. The summed E-state index contributed by atoms with van der Waals surface area (Å²) in [6.07, 6.45) is 0. The van der Waals surface area contributed by atoms with Crippen LogP contribution in [0.25, 0.3) is 0 Å². The van der Waals surface area contributed by atoms with Crippen LogP contribution in [0.2, 0.25) is 5.02 Å². The van der Waals surface area contributed by atoms with Crippen molar-refractivity contribution in [2.45, 2.75) is 6.04 Å². The zero-order chi connectivity index (χ0) is 14.1. The topological polar surface area (TPSA) is 35.6 Å². The van der Waals surface area contributed by atoms with Crippen molar-refractivity contribution in [2.24, 2.45) is 0 Å². The van der Waals surface area contributed by atoms with Crippen molar-refractivity contribution in [3.05, 3.63) is 33.3 Å². The van der Waals surface area contributed by atoms with E-state index in [0.29, 0.717) is 16.6 Å². The lowest BCUT2D eigenvalue weighted by molar-refractivity contribution is 0.0502. The quantitative estimate of drug-likeness (QED) is 0.876. The van der Waals surface area contributed by atoms with Crippen molar-refractivity contribution in [1.29, 1.82) is 0 Å². The van der Waals surface area contributed by atoms with Crippen LogP contribution in [0.1, 0.15) is 10.4 Å². The molecule has 0 saturated carbocycles. The molecule has 0 bridgehead atoms. The van der Waals surface area contributed by atoms with Crippen LogP contribution in [0, 0.1) is 0 Å². The number of amides is 1. The van der Waals surface area contributed by atoms with E-state index in [4.69, 9.17) is 11.6 Å². The number of benzene rings is 1. The van der Waals surface area contributed by atoms with Gasteiger partial charge in [0.15, 0.2) is 0 Å². The number of rotatable bonds is 2. The first-order valence-corrected chi connectivity index (χ1v) is 8.01. The first-order chi connectivity index (χ1) is 9.63. The molecule has 0 unspecified atom stereocenters. The van der Waals surface area contributed by atoms with Gasteiger partial charge in [-0.2, -0.15) is 0 Å². The molecule has 0 radical (unpaired) electrons. The Hall–Kier alpha value is -0.620. The van der Waals surface area contributed by atoms with Crippen LogP contribution >= 0.6 is 27.5 Å². The van der Waals surface area contributed by atoms with E-state index >= 15 is 0 Å². The summed E-state index contributed by atoms with van der Waals surface area (Å²) in [5.74, 6) is 0.0691. The van der Waals surface area contributed by atoms with Crippen molar-refractivity contribution in [3.8, 4) is 0 Å². The molecule has 0 spiro atoms. The van der Waals surface area contributed by atoms with Gasteiger partial charge < -0.3 is 10.2 Å². The van der Waals surface area contributed by atoms with E-state index in [1.54, 1.807) is 12.1 Å². The van der Waals surface area contributed by atoms with Crippen molar-refractivity contribution in [2.75, 3.05) is 39.3 Å². The maximum atomic E-state index is 12.5. The molecule has 1 aromatic rings. The van der Waals surface area contributed by atoms with Crippen molar-refractivity contribution >= 4 is 33.4 Å². The Morgan fingerprint density at radius 1 is 1.20 bits per heavy atom. The summed E-state index contributed by atoms with van der Waals surface area (Å²) in [5, 5.41) is 3.87. The molecule has 108 valence electrons. The lowest BCUT2D eigenvalue weighted by atomic mass is 10.1. The fourth-order valence-electron chi connectivity index (χ4n) is 2.68. The van der Waals surface area contributed by atoms with E-state index in [9.17, 15) is 4.79 Å². The molecule has 2 saturated heterocycles. The molecule has 2 aliphatic rings. The van der Waals surface area contributed by atoms with Gasteiger partial charge in [-0.25, -0.2) is 0 Å². The number of carbonyl (C=O) groups is 1. The lowest BCUT2D eigenvalue weighted by Gasteiger charge is -2.43. The number of nitrogens with zero attached hydrogens (tertiary/aromatic N) is 2. The standard InChI is InChI=1S/C14H17BrClN3O/c15-11-5-10(6-12(16)7-11)14(20)19-3-1-18(2-4-19)13-8-17-9-13/h5-7,13,17H,1-4,8-9H2. The molecular formula is C14H17BrClN3O. The van der Waals surface area contributed by atoms with Crippen LogP contribution in [0.4, 0.5) is 0 Å². The summed E-state index contributed by atoms with van der Waals surface area (Å²) in [6, 6.07) is 6.01. The number of halogens is 2. The summed E-state index contributed by atoms with van der Waals surface area (Å²) in [6.45, 7) is 5.66. The normalized spacial score (nSPS) is 20.8. The van der Waals surface area contributed by atoms with E-state index in [2.05, 4.69) is 26.1 Å². The third kappa shape index (κ3) is 3.01. The van der Waals surface area contributed by atoms with Gasteiger partial charge in [-0.15, -0.1) is 0 Å². The van der Waals surface area contributed by atoms with Crippen LogP contribution in [-0.2, 0) is 0 Å². The van der Waals surface area contributed by atoms with Gasteiger partial charge in [-0.1, -0.05) is 27.5 Å². The SMILES string of the molecule is O=C(c1cc(Cl)cc(Br)c1)N1CCN(C2CNC2)CC1. The maximum absolute atomic E-state index is 12.5. The van der Waals surface area contributed by atoms with E-state index in [-0.39, 0.29) is 5.91 Å². The molecule has 1 aromatic carbocycles. The summed E-state index contributed by atoms with van der Waals surface area (Å²) < 4.78 is 0.840. The summed E-state index contributed by atoms with van der Waals surface area (Å²) in [7, 11) is 0. The second-order valence-corrected chi connectivity index (χ2v) is 6.65. The molecule has 0 aromatic heterocycles. The highest BCUT2D eigenvalue weighted by atomic mass is 79.9. The molecule has 0 atom stereocenters. The third-order valence-electron chi connectivity index (χ3n) is 3.99. The summed E-state index contributed by atoms with van der Waals surface area (Å²) in [4.78, 5) is 16.9. The van der Waals surface area contributed by atoms with Gasteiger partial charge in [-0.3, -0.25) is 9.69 Å². The third-order valence-corrected chi connectivity index (χ3v) is 4.66. The van der Waals surface area contributed by atoms with Crippen molar-refractivity contribution in [3.63, 3.8) is 0 Å². The van der Waals surface area contributed by atoms with E-state index in [1.165, 1.54) is 0 Å². The van der Waals surface area contributed by atoms with Gasteiger partial charge >= 0.3 is 0 Å². The molecule has 4 nitrogen and oxygen atoms in total. The smallest absolute Gasteiger partial charge is 0.254 e. The van der Waals surface area contributed by atoms with Crippen LogP contribution in [-0.4, -0.2) is 61.0 Å². The zero-order valence-electron chi connectivity index (χ0n) is 11.1. The molecule has 0 aliphatic carbocycles. The molecule has 6 heteroatoms. The van der Waals surface area contributed by atoms with Crippen LogP contribution in [0.5, 0.6) is 0 Å². The first kappa shape index (κ1) is 14.3. The number of piperazine rings is 1. The lowest BCUT2D eigenvalue weighted by Crippen LogP contribution is -2.62. The van der Waals surface area contributed by atoms with Crippen LogP contribution < -0.4 is 5.32 Å². The van der Waals surface area contributed by atoms with Crippen molar-refractivity contribution < 1.29 is 4.79 Å². The molecule has 1 N–H and O–H groups in total. The average molecular weight is 359 g/mol. The van der Waals surface area contributed by atoms with Gasteiger partial charge in [0, 0.05) is 60.4 Å². The highest BCUT2D eigenvalue weighted by molar-refractivity contribution is 9.10. The summed E-state index contributed by atoms with van der Waals surface area (Å²) >= 11 is 9.39. The molecule has 20 heavy (non-hydrogen) atoms. The van der Waals surface area contributed by atoms with E-state index in [1.807, 2.05) is 11.0 Å². The second kappa shape index (κ2) is 6.02. The van der Waals surface area contributed by atoms with Crippen LogP contribution in [0.3, 0.4) is 0 Å². The minimum atomic E-state index is 0.0691. The van der Waals surface area contributed by atoms with Gasteiger partial charge in [0.1, 0.15) is 0 Å². The van der Waals surface area contributed by atoms with E-state index in [0.717, 1.165) is 43.7 Å². The largest absolute Gasteiger partial charge is 0.336 e. The Balaban J connectivity index is 1.63. The minimum Gasteiger partial charge on any atom is -0.336 e. The Labute approximate surface area is 132 Å². The Bertz CT molecular complexity index is 493. The predicted octanol–water partition coefficient (Wildman–Crippen LogP) is 1.83. The summed E-state index contributed by atoms with van der Waals surface area (Å²) in [5.41, 5.74) is 0.656. The maximum Gasteiger partial charge on any atom is 0.254 e. The van der Waals surface area contributed by atoms with E-state index < -0.39 is 0 Å². The zero-order valence-corrected chi connectivity index (χ0v) is 13.5. The highest BCUT2D eigenvalue weighted by Crippen LogP contribution is 2.21. The monoisotopic (exact) mass is 357 g/mol. The van der Waals surface area contributed by atoms with Gasteiger partial charge in [-0.05, 0) is 18.2 Å². The molecular weight excluding hydrogens is 342 g/mol. The van der Waals surface area contributed by atoms with Gasteiger partial charge in [0.25, 0.3) is 5.91 Å². The van der Waals surface area contributed by atoms with Crippen LogP contribution in [0.15, 0.2) is 22.7 Å². The predicted molar refractivity (Wildman–Crippen MR) is 83.3 cm³/mol. The second-order valence-electron chi connectivity index (χ2n) is 5.30. The van der Waals surface area contributed by atoms with Crippen molar-refractivity contribution in [1.82, 2.24) is 15.1 Å². The minimum absolute atomic E-state index is 0.0691. The Morgan fingerprint density at radius 3 is 2.45 bits per heavy atom. The number of hydrogen-bond acceptors (Lipinski definition) is 3. The number of hydrogen-bond donors (Lipinski definition) is 1. The van der Waals surface area contributed by atoms with Gasteiger partial charge in [0.05, 0.1) is 0 Å². The Kier molecular flexibility index (Phi) is 4.31. The molecule has 2 heterocycles. The number of carbonyl (C=O) groups excluding carboxylic acids is 1.